The van der Waals surface area contributed by atoms with Crippen molar-refractivity contribution in [2.45, 2.75) is 58.9 Å². The SMILES string of the molecule is CCCn1c(C)cc(/C=C(\C#N)C(=O)N2CCCN(S(=O)(=O)c3c(C)noc3C)CC2)c1C. The molecule has 1 aliphatic rings. The highest BCUT2D eigenvalue weighted by Crippen LogP contribution is 2.25. The lowest BCUT2D eigenvalue weighted by Gasteiger charge is -2.21. The fraction of sp³-hybridized carbons (Fsp3) is 0.522. The van der Waals surface area contributed by atoms with Gasteiger partial charge in [-0.25, -0.2) is 8.42 Å². The van der Waals surface area contributed by atoms with E-state index in [4.69, 9.17) is 4.52 Å². The molecule has 9 nitrogen and oxygen atoms in total. The fourth-order valence-corrected chi connectivity index (χ4v) is 6.08. The molecule has 1 saturated heterocycles. The molecule has 0 unspecified atom stereocenters. The van der Waals surface area contributed by atoms with E-state index in [9.17, 15) is 18.5 Å². The quantitative estimate of drug-likeness (QED) is 0.471. The van der Waals surface area contributed by atoms with Gasteiger partial charge < -0.3 is 14.0 Å². The summed E-state index contributed by atoms with van der Waals surface area (Å²) in [5.74, 6) is -0.130. The zero-order chi connectivity index (χ0) is 24.3. The molecule has 0 atom stereocenters. The maximum Gasteiger partial charge on any atom is 0.264 e. The number of amides is 1. The number of carbonyl (C=O) groups is 1. The van der Waals surface area contributed by atoms with Gasteiger partial charge in [-0.2, -0.15) is 9.57 Å². The van der Waals surface area contributed by atoms with Gasteiger partial charge in [0.15, 0.2) is 5.76 Å². The van der Waals surface area contributed by atoms with Crippen molar-refractivity contribution >= 4 is 22.0 Å². The average Bonchev–Trinajstić information content (AvgIpc) is 3.11. The molecule has 2 aromatic heterocycles. The highest BCUT2D eigenvalue weighted by Gasteiger charge is 2.33. The third-order valence-electron chi connectivity index (χ3n) is 6.02. The Morgan fingerprint density at radius 3 is 2.55 bits per heavy atom. The molecule has 0 saturated carbocycles. The van der Waals surface area contributed by atoms with Crippen molar-refractivity contribution in [2.24, 2.45) is 0 Å². The van der Waals surface area contributed by atoms with Crippen molar-refractivity contribution in [3.63, 3.8) is 0 Å². The Morgan fingerprint density at radius 1 is 1.21 bits per heavy atom. The Bertz CT molecular complexity index is 1200. The summed E-state index contributed by atoms with van der Waals surface area (Å²) in [5, 5.41) is 13.5. The number of aryl methyl sites for hydroxylation is 3. The molecule has 33 heavy (non-hydrogen) atoms. The van der Waals surface area contributed by atoms with E-state index >= 15 is 0 Å². The second kappa shape index (κ2) is 9.93. The third-order valence-corrected chi connectivity index (χ3v) is 8.16. The van der Waals surface area contributed by atoms with Gasteiger partial charge in [0.1, 0.15) is 22.2 Å². The summed E-state index contributed by atoms with van der Waals surface area (Å²) in [5.41, 5.74) is 3.32. The minimum atomic E-state index is -3.78. The molecule has 10 heteroatoms. The van der Waals surface area contributed by atoms with Crippen molar-refractivity contribution < 1.29 is 17.7 Å². The first kappa shape index (κ1) is 24.7. The molecule has 2 aromatic rings. The first-order chi connectivity index (χ1) is 15.6. The van der Waals surface area contributed by atoms with Gasteiger partial charge in [-0.3, -0.25) is 4.79 Å². The van der Waals surface area contributed by atoms with E-state index in [1.54, 1.807) is 24.8 Å². The van der Waals surface area contributed by atoms with E-state index in [1.807, 2.05) is 26.0 Å². The Labute approximate surface area is 195 Å². The third kappa shape index (κ3) is 4.89. The molecular weight excluding hydrogens is 442 g/mol. The number of nitrogens with zero attached hydrogens (tertiary/aromatic N) is 5. The van der Waals surface area contributed by atoms with Gasteiger partial charge in [-0.15, -0.1) is 0 Å². The van der Waals surface area contributed by atoms with Crippen LogP contribution in [0.2, 0.25) is 0 Å². The summed E-state index contributed by atoms with van der Waals surface area (Å²) in [6.07, 6.45) is 3.10. The molecule has 1 aliphatic heterocycles. The van der Waals surface area contributed by atoms with Crippen LogP contribution >= 0.6 is 0 Å². The van der Waals surface area contributed by atoms with Crippen LogP contribution in [0.4, 0.5) is 0 Å². The summed E-state index contributed by atoms with van der Waals surface area (Å²) < 4.78 is 34.8. The van der Waals surface area contributed by atoms with Crippen molar-refractivity contribution in [3.8, 4) is 6.07 Å². The number of nitriles is 1. The van der Waals surface area contributed by atoms with Crippen LogP contribution in [0.5, 0.6) is 0 Å². The number of hydrogen-bond donors (Lipinski definition) is 0. The van der Waals surface area contributed by atoms with E-state index in [0.717, 1.165) is 29.9 Å². The summed E-state index contributed by atoms with van der Waals surface area (Å²) in [4.78, 5) is 14.8. The van der Waals surface area contributed by atoms with Crippen molar-refractivity contribution in [3.05, 3.63) is 40.0 Å². The summed E-state index contributed by atoms with van der Waals surface area (Å²) in [7, 11) is -3.78. The topological polar surface area (TPSA) is 112 Å². The van der Waals surface area contributed by atoms with Crippen molar-refractivity contribution in [2.75, 3.05) is 26.2 Å². The molecular formula is C23H31N5O4S. The molecule has 1 amide bonds. The molecule has 0 spiro atoms. The van der Waals surface area contributed by atoms with Gasteiger partial charge >= 0.3 is 0 Å². The van der Waals surface area contributed by atoms with Crippen LogP contribution in [-0.4, -0.2) is 59.4 Å². The zero-order valence-corrected chi connectivity index (χ0v) is 20.7. The van der Waals surface area contributed by atoms with E-state index < -0.39 is 10.0 Å². The number of carbonyl (C=O) groups excluding carboxylic acids is 1. The van der Waals surface area contributed by atoms with Gasteiger partial charge in [0.2, 0.25) is 10.0 Å². The Morgan fingerprint density at radius 2 is 1.94 bits per heavy atom. The number of rotatable bonds is 6. The second-order valence-electron chi connectivity index (χ2n) is 8.35. The summed E-state index contributed by atoms with van der Waals surface area (Å²) in [6.45, 7) is 11.1. The highest BCUT2D eigenvalue weighted by molar-refractivity contribution is 7.89. The van der Waals surface area contributed by atoms with Crippen molar-refractivity contribution in [1.82, 2.24) is 18.9 Å². The summed E-state index contributed by atoms with van der Waals surface area (Å²) in [6, 6.07) is 4.02. The van der Waals surface area contributed by atoms with Gasteiger partial charge in [0.25, 0.3) is 5.91 Å². The van der Waals surface area contributed by atoms with Crippen LogP contribution in [0.15, 0.2) is 21.1 Å². The Balaban J connectivity index is 1.79. The van der Waals surface area contributed by atoms with Crippen LogP contribution < -0.4 is 0 Å². The average molecular weight is 474 g/mol. The van der Waals surface area contributed by atoms with Crippen LogP contribution in [0.3, 0.4) is 0 Å². The molecule has 0 bridgehead atoms. The van der Waals surface area contributed by atoms with Gasteiger partial charge in [0, 0.05) is 44.1 Å². The summed E-state index contributed by atoms with van der Waals surface area (Å²) >= 11 is 0. The molecule has 0 radical (unpaired) electrons. The smallest absolute Gasteiger partial charge is 0.264 e. The minimum absolute atomic E-state index is 0.0498. The van der Waals surface area contributed by atoms with E-state index in [0.29, 0.717) is 18.7 Å². The highest BCUT2D eigenvalue weighted by atomic mass is 32.2. The molecule has 0 N–H and O–H groups in total. The molecule has 0 aliphatic carbocycles. The van der Waals surface area contributed by atoms with Gasteiger partial charge in [0.05, 0.1) is 0 Å². The Kier molecular flexibility index (Phi) is 7.44. The minimum Gasteiger partial charge on any atom is -0.360 e. The van der Waals surface area contributed by atoms with Crippen LogP contribution in [0, 0.1) is 39.0 Å². The van der Waals surface area contributed by atoms with E-state index in [1.165, 1.54) is 4.31 Å². The molecule has 3 rings (SSSR count). The standard InChI is InChI=1S/C23H31N5O4S/c1-6-8-28-16(2)13-20(18(28)4)14-21(15-24)23(29)26-9-7-10-27(12-11-26)33(30,31)22-17(3)25-32-19(22)5/h13-14H,6-12H2,1-5H3/b21-14+. The first-order valence-corrected chi connectivity index (χ1v) is 12.6. The monoisotopic (exact) mass is 473 g/mol. The normalized spacial score (nSPS) is 16.0. The number of sulfonamides is 1. The van der Waals surface area contributed by atoms with Crippen LogP contribution in [0.25, 0.3) is 6.08 Å². The van der Waals surface area contributed by atoms with E-state index in [2.05, 4.69) is 16.6 Å². The molecule has 1 fully saturated rings. The predicted molar refractivity (Wildman–Crippen MR) is 124 cm³/mol. The lowest BCUT2D eigenvalue weighted by atomic mass is 10.1. The molecule has 178 valence electrons. The number of aromatic nitrogens is 2. The lowest BCUT2D eigenvalue weighted by molar-refractivity contribution is -0.126. The fourth-order valence-electron chi connectivity index (χ4n) is 4.32. The Hall–Kier alpha value is -2.90. The van der Waals surface area contributed by atoms with Crippen LogP contribution in [0.1, 0.15) is 48.2 Å². The van der Waals surface area contributed by atoms with Gasteiger partial charge in [-0.05, 0) is 58.2 Å². The van der Waals surface area contributed by atoms with E-state index in [-0.39, 0.29) is 41.8 Å². The number of hydrogen-bond acceptors (Lipinski definition) is 6. The second-order valence-corrected chi connectivity index (χ2v) is 10.2. The van der Waals surface area contributed by atoms with Crippen molar-refractivity contribution in [1.29, 1.82) is 5.26 Å². The first-order valence-electron chi connectivity index (χ1n) is 11.1. The molecule has 0 aromatic carbocycles. The maximum absolute atomic E-state index is 13.1. The van der Waals surface area contributed by atoms with Gasteiger partial charge in [-0.1, -0.05) is 12.1 Å². The maximum atomic E-state index is 13.1. The predicted octanol–water partition coefficient (Wildman–Crippen LogP) is 2.95. The van der Waals surface area contributed by atoms with Crippen LogP contribution in [-0.2, 0) is 21.4 Å². The zero-order valence-electron chi connectivity index (χ0n) is 19.9. The molecule has 3 heterocycles. The largest absolute Gasteiger partial charge is 0.360 e. The lowest BCUT2D eigenvalue weighted by Crippen LogP contribution is -2.38.